The summed E-state index contributed by atoms with van der Waals surface area (Å²) in [5.41, 5.74) is 0.701. The van der Waals surface area contributed by atoms with E-state index in [1.54, 1.807) is 19.1 Å². The smallest absolute Gasteiger partial charge is 0.191 e. The molecule has 0 heterocycles. The van der Waals surface area contributed by atoms with E-state index in [4.69, 9.17) is 4.74 Å². The van der Waals surface area contributed by atoms with E-state index in [2.05, 4.69) is 0 Å². The van der Waals surface area contributed by atoms with Crippen LogP contribution >= 0.6 is 13.5 Å². The minimum absolute atomic E-state index is 0. The second kappa shape index (κ2) is 5.78. The first-order valence-electron chi connectivity index (χ1n) is 3.87. The van der Waals surface area contributed by atoms with E-state index in [1.165, 1.54) is 7.11 Å². The molecule has 3 heteroatoms. The minimum Gasteiger partial charge on any atom is -0.374 e. The third-order valence-electron chi connectivity index (χ3n) is 1.78. The molecular weight excluding hydrogens is 184 g/mol. The summed E-state index contributed by atoms with van der Waals surface area (Å²) in [6.07, 6.45) is -0.354. The SMILES string of the molecule is COC(C)C(=O)c1ccccc1.S. The summed E-state index contributed by atoms with van der Waals surface area (Å²) in [5.74, 6) is 0.0260. The van der Waals surface area contributed by atoms with Crippen molar-refractivity contribution in [3.05, 3.63) is 35.9 Å². The van der Waals surface area contributed by atoms with Gasteiger partial charge in [0.05, 0.1) is 0 Å². The zero-order valence-corrected chi connectivity index (χ0v) is 8.78. The molecule has 1 unspecified atom stereocenters. The molecule has 0 fully saturated rings. The Morgan fingerprint density at radius 1 is 1.31 bits per heavy atom. The number of hydrogen-bond acceptors (Lipinski definition) is 2. The molecule has 0 bridgehead atoms. The molecule has 72 valence electrons. The highest BCUT2D eigenvalue weighted by Crippen LogP contribution is 2.04. The summed E-state index contributed by atoms with van der Waals surface area (Å²) in [5, 5.41) is 0. The maximum absolute atomic E-state index is 11.5. The number of benzene rings is 1. The summed E-state index contributed by atoms with van der Waals surface area (Å²) in [6, 6.07) is 9.15. The number of ketones is 1. The number of methoxy groups -OCH3 is 1. The summed E-state index contributed by atoms with van der Waals surface area (Å²) in [4.78, 5) is 11.5. The van der Waals surface area contributed by atoms with E-state index in [0.29, 0.717) is 5.56 Å². The zero-order chi connectivity index (χ0) is 8.97. The molecule has 0 aliphatic heterocycles. The Bertz CT molecular complexity index is 259. The van der Waals surface area contributed by atoms with Gasteiger partial charge in [0.15, 0.2) is 5.78 Å². The van der Waals surface area contributed by atoms with Gasteiger partial charge in [-0.15, -0.1) is 0 Å². The van der Waals surface area contributed by atoms with Crippen LogP contribution in [0.15, 0.2) is 30.3 Å². The van der Waals surface area contributed by atoms with Crippen LogP contribution in [-0.4, -0.2) is 19.0 Å². The van der Waals surface area contributed by atoms with E-state index in [0.717, 1.165) is 0 Å². The third-order valence-corrected chi connectivity index (χ3v) is 1.78. The molecule has 13 heavy (non-hydrogen) atoms. The summed E-state index contributed by atoms with van der Waals surface area (Å²) in [6.45, 7) is 1.75. The Morgan fingerprint density at radius 2 is 1.85 bits per heavy atom. The van der Waals surface area contributed by atoms with Crippen molar-refractivity contribution >= 4 is 19.3 Å². The Kier molecular flexibility index (Phi) is 5.42. The average Bonchev–Trinajstić information content (AvgIpc) is 2.17. The van der Waals surface area contributed by atoms with Crippen LogP contribution in [0.5, 0.6) is 0 Å². The Balaban J connectivity index is 0.00000144. The highest BCUT2D eigenvalue weighted by atomic mass is 32.1. The number of carbonyl (C=O) groups excluding carboxylic acids is 1. The standard InChI is InChI=1S/C10H12O2.H2S/c1-8(12-2)10(11)9-6-4-3-5-7-9;/h3-8H,1-2H3;1H2. The van der Waals surface area contributed by atoms with Crippen molar-refractivity contribution in [3.63, 3.8) is 0 Å². The summed E-state index contributed by atoms with van der Waals surface area (Å²) < 4.78 is 4.92. The highest BCUT2D eigenvalue weighted by Gasteiger charge is 2.12. The molecule has 2 nitrogen and oxygen atoms in total. The number of ether oxygens (including phenoxy) is 1. The molecule has 0 radical (unpaired) electrons. The van der Waals surface area contributed by atoms with Crippen LogP contribution in [0.2, 0.25) is 0 Å². The number of Topliss-reactive ketones (excluding diaryl/α,β-unsaturated/α-hetero) is 1. The number of carbonyl (C=O) groups is 1. The first-order chi connectivity index (χ1) is 5.75. The minimum atomic E-state index is -0.354. The van der Waals surface area contributed by atoms with Crippen molar-refractivity contribution in [2.75, 3.05) is 7.11 Å². The zero-order valence-electron chi connectivity index (χ0n) is 7.78. The molecule has 0 saturated carbocycles. The molecule has 0 amide bonds. The quantitative estimate of drug-likeness (QED) is 0.694. The molecular formula is C10H14O2S. The van der Waals surface area contributed by atoms with Gasteiger partial charge >= 0.3 is 0 Å². The van der Waals surface area contributed by atoms with Crippen molar-refractivity contribution in [1.29, 1.82) is 0 Å². The highest BCUT2D eigenvalue weighted by molar-refractivity contribution is 7.59. The molecule has 1 aromatic rings. The summed E-state index contributed by atoms with van der Waals surface area (Å²) >= 11 is 0. The normalized spacial score (nSPS) is 11.5. The second-order valence-electron chi connectivity index (χ2n) is 2.61. The second-order valence-corrected chi connectivity index (χ2v) is 2.61. The largest absolute Gasteiger partial charge is 0.374 e. The van der Waals surface area contributed by atoms with Crippen molar-refractivity contribution < 1.29 is 9.53 Å². The predicted octanol–water partition coefficient (Wildman–Crippen LogP) is 2.02. The van der Waals surface area contributed by atoms with Crippen molar-refractivity contribution in [2.24, 2.45) is 0 Å². The monoisotopic (exact) mass is 198 g/mol. The van der Waals surface area contributed by atoms with Gasteiger partial charge in [-0.2, -0.15) is 13.5 Å². The van der Waals surface area contributed by atoms with Crippen LogP contribution in [0, 0.1) is 0 Å². The maximum atomic E-state index is 11.5. The van der Waals surface area contributed by atoms with Crippen molar-refractivity contribution in [1.82, 2.24) is 0 Å². The van der Waals surface area contributed by atoms with Gasteiger partial charge in [0.25, 0.3) is 0 Å². The van der Waals surface area contributed by atoms with Gasteiger partial charge in [-0.1, -0.05) is 30.3 Å². The van der Waals surface area contributed by atoms with Gasteiger partial charge in [0.2, 0.25) is 0 Å². The lowest BCUT2D eigenvalue weighted by Crippen LogP contribution is -2.18. The van der Waals surface area contributed by atoms with Gasteiger partial charge in [-0.05, 0) is 6.92 Å². The molecule has 0 aliphatic rings. The van der Waals surface area contributed by atoms with Gasteiger partial charge in [0.1, 0.15) is 6.10 Å². The first-order valence-corrected chi connectivity index (χ1v) is 3.87. The Labute approximate surface area is 85.4 Å². The van der Waals surface area contributed by atoms with Crippen LogP contribution < -0.4 is 0 Å². The lowest BCUT2D eigenvalue weighted by atomic mass is 10.1. The summed E-state index contributed by atoms with van der Waals surface area (Å²) in [7, 11) is 1.53. The topological polar surface area (TPSA) is 26.3 Å². The lowest BCUT2D eigenvalue weighted by Gasteiger charge is -2.07. The molecule has 0 aliphatic carbocycles. The van der Waals surface area contributed by atoms with Crippen LogP contribution in [0.1, 0.15) is 17.3 Å². The molecule has 0 N–H and O–H groups in total. The first kappa shape index (κ1) is 12.2. The number of hydrogen-bond donors (Lipinski definition) is 0. The molecule has 0 spiro atoms. The van der Waals surface area contributed by atoms with Gasteiger partial charge in [-0.3, -0.25) is 4.79 Å². The third kappa shape index (κ3) is 3.20. The van der Waals surface area contributed by atoms with E-state index in [1.807, 2.05) is 18.2 Å². The van der Waals surface area contributed by atoms with Gasteiger partial charge in [-0.25, -0.2) is 0 Å². The average molecular weight is 198 g/mol. The van der Waals surface area contributed by atoms with Crippen molar-refractivity contribution in [3.8, 4) is 0 Å². The van der Waals surface area contributed by atoms with E-state index in [9.17, 15) is 4.79 Å². The number of rotatable bonds is 3. The van der Waals surface area contributed by atoms with E-state index >= 15 is 0 Å². The van der Waals surface area contributed by atoms with E-state index in [-0.39, 0.29) is 25.4 Å². The fraction of sp³-hybridized carbons (Fsp3) is 0.300. The molecule has 0 saturated heterocycles. The van der Waals surface area contributed by atoms with E-state index < -0.39 is 0 Å². The van der Waals surface area contributed by atoms with Gasteiger partial charge < -0.3 is 4.74 Å². The Morgan fingerprint density at radius 3 is 2.31 bits per heavy atom. The van der Waals surface area contributed by atoms with Gasteiger partial charge in [0, 0.05) is 12.7 Å². The van der Waals surface area contributed by atoms with Crippen LogP contribution in [0.25, 0.3) is 0 Å². The Hall–Kier alpha value is -0.800. The lowest BCUT2D eigenvalue weighted by molar-refractivity contribution is 0.0655. The molecule has 1 atom stereocenters. The molecule has 0 aromatic heterocycles. The fourth-order valence-corrected chi connectivity index (χ4v) is 0.944. The molecule has 1 aromatic carbocycles. The van der Waals surface area contributed by atoms with Crippen molar-refractivity contribution in [2.45, 2.75) is 13.0 Å². The fourth-order valence-electron chi connectivity index (χ4n) is 0.944. The maximum Gasteiger partial charge on any atom is 0.191 e. The van der Waals surface area contributed by atoms with Crippen LogP contribution in [-0.2, 0) is 4.74 Å². The van der Waals surface area contributed by atoms with Crippen LogP contribution in [0.3, 0.4) is 0 Å². The van der Waals surface area contributed by atoms with Crippen LogP contribution in [0.4, 0.5) is 0 Å². The molecule has 1 rings (SSSR count). The predicted molar refractivity (Wildman–Crippen MR) is 57.6 cm³/mol.